The SMILES string of the molecule is Cc1csc(COc2cccc(C(=O)O)c2)n1. The van der Waals surface area contributed by atoms with Gasteiger partial charge in [0.2, 0.25) is 0 Å². The van der Waals surface area contributed by atoms with Crippen LogP contribution >= 0.6 is 11.3 Å². The van der Waals surface area contributed by atoms with Gasteiger partial charge in [-0.2, -0.15) is 0 Å². The Labute approximate surface area is 103 Å². The number of rotatable bonds is 4. The van der Waals surface area contributed by atoms with Crippen molar-refractivity contribution in [2.24, 2.45) is 0 Å². The zero-order valence-electron chi connectivity index (χ0n) is 9.21. The zero-order valence-corrected chi connectivity index (χ0v) is 10.0. The summed E-state index contributed by atoms with van der Waals surface area (Å²) in [5, 5.41) is 11.7. The maximum atomic E-state index is 10.8. The lowest BCUT2D eigenvalue weighted by atomic mass is 10.2. The number of thiazole rings is 1. The number of ether oxygens (including phenoxy) is 1. The van der Waals surface area contributed by atoms with Gasteiger partial charge in [-0.25, -0.2) is 9.78 Å². The molecule has 0 aliphatic carbocycles. The van der Waals surface area contributed by atoms with E-state index in [0.29, 0.717) is 12.4 Å². The summed E-state index contributed by atoms with van der Waals surface area (Å²) in [6, 6.07) is 6.42. The first kappa shape index (κ1) is 11.6. The molecule has 4 nitrogen and oxygen atoms in total. The van der Waals surface area contributed by atoms with Crippen LogP contribution in [0, 0.1) is 6.92 Å². The smallest absolute Gasteiger partial charge is 0.335 e. The summed E-state index contributed by atoms with van der Waals surface area (Å²) in [5.41, 5.74) is 1.19. The molecule has 1 aromatic carbocycles. The number of carbonyl (C=O) groups is 1. The van der Waals surface area contributed by atoms with Gasteiger partial charge in [-0.05, 0) is 25.1 Å². The van der Waals surface area contributed by atoms with Crippen molar-refractivity contribution in [3.8, 4) is 5.75 Å². The van der Waals surface area contributed by atoms with E-state index in [2.05, 4.69) is 4.98 Å². The van der Waals surface area contributed by atoms with E-state index in [9.17, 15) is 4.79 Å². The lowest BCUT2D eigenvalue weighted by Gasteiger charge is -2.04. The molecule has 0 spiro atoms. The molecule has 0 bridgehead atoms. The molecule has 0 aliphatic rings. The van der Waals surface area contributed by atoms with E-state index in [0.717, 1.165) is 10.7 Å². The molecule has 0 radical (unpaired) electrons. The summed E-state index contributed by atoms with van der Waals surface area (Å²) in [5.74, 6) is -0.418. The van der Waals surface area contributed by atoms with Gasteiger partial charge in [0.1, 0.15) is 17.4 Å². The third-order valence-electron chi connectivity index (χ3n) is 2.11. The fraction of sp³-hybridized carbons (Fsp3) is 0.167. The summed E-state index contributed by atoms with van der Waals surface area (Å²) < 4.78 is 5.48. The van der Waals surface area contributed by atoms with Crippen LogP contribution in [-0.4, -0.2) is 16.1 Å². The Bertz CT molecular complexity index is 536. The van der Waals surface area contributed by atoms with Gasteiger partial charge in [-0.15, -0.1) is 11.3 Å². The van der Waals surface area contributed by atoms with Crippen molar-refractivity contribution in [3.63, 3.8) is 0 Å². The van der Waals surface area contributed by atoms with Crippen LogP contribution in [0.2, 0.25) is 0 Å². The van der Waals surface area contributed by atoms with Crippen molar-refractivity contribution in [1.82, 2.24) is 4.98 Å². The number of hydrogen-bond acceptors (Lipinski definition) is 4. The third kappa shape index (κ3) is 3.04. The van der Waals surface area contributed by atoms with Gasteiger partial charge in [-0.3, -0.25) is 0 Å². The van der Waals surface area contributed by atoms with Crippen molar-refractivity contribution in [3.05, 3.63) is 45.9 Å². The van der Waals surface area contributed by atoms with Crippen LogP contribution < -0.4 is 4.74 Å². The molecule has 0 saturated heterocycles. The summed E-state index contributed by atoms with van der Waals surface area (Å²) >= 11 is 1.53. The molecule has 88 valence electrons. The van der Waals surface area contributed by atoms with Gasteiger partial charge >= 0.3 is 5.97 Å². The molecular weight excluding hydrogens is 238 g/mol. The van der Waals surface area contributed by atoms with Crippen molar-refractivity contribution < 1.29 is 14.6 Å². The van der Waals surface area contributed by atoms with Gasteiger partial charge < -0.3 is 9.84 Å². The van der Waals surface area contributed by atoms with Crippen LogP contribution in [0.1, 0.15) is 21.1 Å². The normalized spacial score (nSPS) is 10.2. The fourth-order valence-electron chi connectivity index (χ4n) is 1.33. The monoisotopic (exact) mass is 249 g/mol. The lowest BCUT2D eigenvalue weighted by molar-refractivity contribution is 0.0696. The van der Waals surface area contributed by atoms with Crippen molar-refractivity contribution in [2.75, 3.05) is 0 Å². The Hall–Kier alpha value is -1.88. The first-order valence-electron chi connectivity index (χ1n) is 5.02. The molecule has 2 aromatic rings. The molecule has 5 heteroatoms. The molecule has 0 saturated carbocycles. The van der Waals surface area contributed by atoms with E-state index in [1.807, 2.05) is 12.3 Å². The van der Waals surface area contributed by atoms with E-state index >= 15 is 0 Å². The average molecular weight is 249 g/mol. The molecule has 0 amide bonds. The van der Waals surface area contributed by atoms with Gasteiger partial charge in [0, 0.05) is 11.1 Å². The highest BCUT2D eigenvalue weighted by atomic mass is 32.1. The lowest BCUT2D eigenvalue weighted by Crippen LogP contribution is -1.99. The van der Waals surface area contributed by atoms with Crippen LogP contribution in [-0.2, 0) is 6.61 Å². The highest BCUT2D eigenvalue weighted by molar-refractivity contribution is 7.09. The first-order chi connectivity index (χ1) is 8.15. The Morgan fingerprint density at radius 1 is 1.53 bits per heavy atom. The largest absolute Gasteiger partial charge is 0.486 e. The van der Waals surface area contributed by atoms with E-state index in [-0.39, 0.29) is 5.56 Å². The molecule has 1 N–H and O–H groups in total. The molecule has 0 atom stereocenters. The topological polar surface area (TPSA) is 59.4 Å². The summed E-state index contributed by atoms with van der Waals surface area (Å²) in [6.07, 6.45) is 0. The van der Waals surface area contributed by atoms with E-state index in [4.69, 9.17) is 9.84 Å². The predicted molar refractivity (Wildman–Crippen MR) is 64.6 cm³/mol. The van der Waals surface area contributed by atoms with Crippen molar-refractivity contribution in [2.45, 2.75) is 13.5 Å². The van der Waals surface area contributed by atoms with Crippen LogP contribution in [0.15, 0.2) is 29.6 Å². The van der Waals surface area contributed by atoms with Crippen LogP contribution in [0.3, 0.4) is 0 Å². The Balaban J connectivity index is 2.04. The Kier molecular flexibility index (Phi) is 3.39. The van der Waals surface area contributed by atoms with E-state index in [1.165, 1.54) is 23.5 Å². The Morgan fingerprint density at radius 3 is 3.00 bits per heavy atom. The second-order valence-corrected chi connectivity index (χ2v) is 4.45. The molecule has 2 rings (SSSR count). The molecule has 1 aromatic heterocycles. The van der Waals surface area contributed by atoms with Crippen LogP contribution in [0.5, 0.6) is 5.75 Å². The quantitative estimate of drug-likeness (QED) is 0.905. The van der Waals surface area contributed by atoms with Gasteiger partial charge in [-0.1, -0.05) is 6.07 Å². The number of aromatic nitrogens is 1. The van der Waals surface area contributed by atoms with Gasteiger partial charge in [0.25, 0.3) is 0 Å². The molecular formula is C12H11NO3S. The summed E-state index contributed by atoms with van der Waals surface area (Å²) in [7, 11) is 0. The number of nitrogens with zero attached hydrogens (tertiary/aromatic N) is 1. The number of benzene rings is 1. The standard InChI is InChI=1S/C12H11NO3S/c1-8-7-17-11(13-8)6-16-10-4-2-3-9(5-10)12(14)15/h2-5,7H,6H2,1H3,(H,14,15). The highest BCUT2D eigenvalue weighted by Crippen LogP contribution is 2.16. The average Bonchev–Trinajstić information content (AvgIpc) is 2.73. The minimum atomic E-state index is -0.958. The number of hydrogen-bond donors (Lipinski definition) is 1. The van der Waals surface area contributed by atoms with Gasteiger partial charge in [0.05, 0.1) is 5.56 Å². The molecule has 0 unspecified atom stereocenters. The zero-order chi connectivity index (χ0) is 12.3. The second kappa shape index (κ2) is 4.97. The van der Waals surface area contributed by atoms with Crippen molar-refractivity contribution >= 4 is 17.3 Å². The molecule has 17 heavy (non-hydrogen) atoms. The second-order valence-electron chi connectivity index (χ2n) is 3.50. The number of carboxylic acids is 1. The van der Waals surface area contributed by atoms with E-state index < -0.39 is 5.97 Å². The summed E-state index contributed by atoms with van der Waals surface area (Å²) in [4.78, 5) is 15.0. The van der Waals surface area contributed by atoms with Crippen molar-refractivity contribution in [1.29, 1.82) is 0 Å². The van der Waals surface area contributed by atoms with Crippen LogP contribution in [0.4, 0.5) is 0 Å². The molecule has 0 fully saturated rings. The molecule has 1 heterocycles. The van der Waals surface area contributed by atoms with Gasteiger partial charge in [0.15, 0.2) is 0 Å². The first-order valence-corrected chi connectivity index (χ1v) is 5.90. The number of carboxylic acid groups (broad SMARTS) is 1. The predicted octanol–water partition coefficient (Wildman–Crippen LogP) is 2.73. The number of aryl methyl sites for hydroxylation is 1. The fourth-order valence-corrected chi connectivity index (χ4v) is 2.02. The minimum absolute atomic E-state index is 0.220. The maximum Gasteiger partial charge on any atom is 0.335 e. The van der Waals surface area contributed by atoms with E-state index in [1.54, 1.807) is 12.1 Å². The van der Waals surface area contributed by atoms with Crippen LogP contribution in [0.25, 0.3) is 0 Å². The highest BCUT2D eigenvalue weighted by Gasteiger charge is 2.05. The summed E-state index contributed by atoms with van der Waals surface area (Å²) in [6.45, 7) is 2.28. The Morgan fingerprint density at radius 2 is 2.35 bits per heavy atom. The molecule has 0 aliphatic heterocycles. The maximum absolute atomic E-state index is 10.8. The minimum Gasteiger partial charge on any atom is -0.486 e. The number of aromatic carboxylic acids is 1. The third-order valence-corrected chi connectivity index (χ3v) is 3.05.